The zero-order valence-electron chi connectivity index (χ0n) is 8.68. The third-order valence-electron chi connectivity index (χ3n) is 2.44. The van der Waals surface area contributed by atoms with Crippen LogP contribution in [0.15, 0.2) is 30.6 Å². The van der Waals surface area contributed by atoms with Gasteiger partial charge in [-0.05, 0) is 19.1 Å². The van der Waals surface area contributed by atoms with Gasteiger partial charge in [0.2, 0.25) is 0 Å². The average molecular weight is 204 g/mol. The van der Waals surface area contributed by atoms with E-state index in [9.17, 15) is 4.79 Å². The molecule has 1 aromatic heterocycles. The zero-order valence-corrected chi connectivity index (χ0v) is 8.68. The lowest BCUT2D eigenvalue weighted by atomic mass is 10.3. The fourth-order valence-corrected chi connectivity index (χ4v) is 1.57. The van der Waals surface area contributed by atoms with E-state index in [0.717, 1.165) is 11.0 Å². The van der Waals surface area contributed by atoms with E-state index in [1.165, 1.54) is 7.11 Å². The molecule has 1 aromatic carbocycles. The van der Waals surface area contributed by atoms with E-state index < -0.39 is 0 Å². The maximum absolute atomic E-state index is 11.4. The molecule has 0 aliphatic rings. The Kier molecular flexibility index (Phi) is 2.41. The largest absolute Gasteiger partial charge is 0.467 e. The Balaban J connectivity index is 2.48. The van der Waals surface area contributed by atoms with E-state index >= 15 is 0 Å². The second-order valence-corrected chi connectivity index (χ2v) is 3.34. The number of para-hydroxylation sites is 2. The van der Waals surface area contributed by atoms with Gasteiger partial charge in [0.15, 0.2) is 0 Å². The van der Waals surface area contributed by atoms with E-state index in [1.807, 2.05) is 24.3 Å². The van der Waals surface area contributed by atoms with Crippen LogP contribution in [0.25, 0.3) is 11.0 Å². The standard InChI is InChI=1S/C11H12N2O2/c1-8(11(14)15-2)13-7-12-9-5-3-4-6-10(9)13/h3-8H,1-2H3/t8-/m0/s1. The predicted molar refractivity (Wildman–Crippen MR) is 56.5 cm³/mol. The molecule has 0 aliphatic heterocycles. The minimum absolute atomic E-state index is 0.266. The molecule has 0 amide bonds. The molecular formula is C11H12N2O2. The topological polar surface area (TPSA) is 44.1 Å². The van der Waals surface area contributed by atoms with Crippen LogP contribution in [0.4, 0.5) is 0 Å². The number of hydrogen-bond donors (Lipinski definition) is 0. The van der Waals surface area contributed by atoms with Crippen molar-refractivity contribution in [2.75, 3.05) is 7.11 Å². The van der Waals surface area contributed by atoms with Gasteiger partial charge in [0, 0.05) is 0 Å². The number of hydrogen-bond acceptors (Lipinski definition) is 3. The Labute approximate surface area is 87.5 Å². The fraction of sp³-hybridized carbons (Fsp3) is 0.273. The van der Waals surface area contributed by atoms with Crippen LogP contribution in [0.1, 0.15) is 13.0 Å². The monoisotopic (exact) mass is 204 g/mol. The number of rotatable bonds is 2. The number of fused-ring (bicyclic) bond motifs is 1. The second-order valence-electron chi connectivity index (χ2n) is 3.34. The van der Waals surface area contributed by atoms with Crippen LogP contribution in [0.5, 0.6) is 0 Å². The van der Waals surface area contributed by atoms with Crippen molar-refractivity contribution in [3.05, 3.63) is 30.6 Å². The van der Waals surface area contributed by atoms with E-state index in [0.29, 0.717) is 0 Å². The van der Waals surface area contributed by atoms with Crippen LogP contribution in [-0.4, -0.2) is 22.6 Å². The lowest BCUT2D eigenvalue weighted by molar-refractivity contribution is -0.143. The quantitative estimate of drug-likeness (QED) is 0.700. The molecule has 0 radical (unpaired) electrons. The molecule has 0 saturated heterocycles. The van der Waals surface area contributed by atoms with Crippen molar-refractivity contribution < 1.29 is 9.53 Å². The number of esters is 1. The third-order valence-corrected chi connectivity index (χ3v) is 2.44. The molecule has 0 aliphatic carbocycles. The van der Waals surface area contributed by atoms with Crippen molar-refractivity contribution in [1.82, 2.24) is 9.55 Å². The Morgan fingerprint density at radius 1 is 1.47 bits per heavy atom. The first kappa shape index (κ1) is 9.71. The molecule has 2 rings (SSSR count). The molecule has 78 valence electrons. The minimum atomic E-state index is -0.345. The van der Waals surface area contributed by atoms with Gasteiger partial charge >= 0.3 is 5.97 Å². The van der Waals surface area contributed by atoms with E-state index in [-0.39, 0.29) is 12.0 Å². The second kappa shape index (κ2) is 3.73. The maximum atomic E-state index is 11.4. The summed E-state index contributed by atoms with van der Waals surface area (Å²) in [6, 6.07) is 7.34. The number of carbonyl (C=O) groups is 1. The SMILES string of the molecule is COC(=O)[C@H](C)n1cnc2ccccc21. The number of nitrogens with zero attached hydrogens (tertiary/aromatic N) is 2. The molecule has 4 heteroatoms. The summed E-state index contributed by atoms with van der Waals surface area (Å²) in [5.74, 6) is -0.266. The van der Waals surface area contributed by atoms with Gasteiger partial charge in [0.05, 0.1) is 24.5 Å². The molecular weight excluding hydrogens is 192 g/mol. The smallest absolute Gasteiger partial charge is 0.328 e. The van der Waals surface area contributed by atoms with Gasteiger partial charge in [-0.3, -0.25) is 0 Å². The van der Waals surface area contributed by atoms with Crippen LogP contribution in [0.3, 0.4) is 0 Å². The maximum Gasteiger partial charge on any atom is 0.328 e. The highest BCUT2D eigenvalue weighted by Gasteiger charge is 2.16. The fourth-order valence-electron chi connectivity index (χ4n) is 1.57. The Morgan fingerprint density at radius 2 is 2.20 bits per heavy atom. The number of carbonyl (C=O) groups excluding carboxylic acids is 1. The normalized spacial score (nSPS) is 12.7. The van der Waals surface area contributed by atoms with E-state index in [4.69, 9.17) is 4.74 Å². The first-order valence-corrected chi connectivity index (χ1v) is 4.73. The Hall–Kier alpha value is -1.84. The van der Waals surface area contributed by atoms with Crippen LogP contribution >= 0.6 is 0 Å². The Morgan fingerprint density at radius 3 is 2.93 bits per heavy atom. The lowest BCUT2D eigenvalue weighted by Crippen LogP contribution is -2.16. The molecule has 1 heterocycles. The van der Waals surface area contributed by atoms with Crippen molar-refractivity contribution in [3.8, 4) is 0 Å². The van der Waals surface area contributed by atoms with Crippen molar-refractivity contribution in [2.24, 2.45) is 0 Å². The van der Waals surface area contributed by atoms with Gasteiger partial charge in [-0.1, -0.05) is 12.1 Å². The summed E-state index contributed by atoms with van der Waals surface area (Å²) in [6.45, 7) is 1.79. The molecule has 2 aromatic rings. The number of ether oxygens (including phenoxy) is 1. The van der Waals surface area contributed by atoms with Crippen molar-refractivity contribution in [3.63, 3.8) is 0 Å². The third kappa shape index (κ3) is 1.58. The first-order chi connectivity index (χ1) is 7.24. The van der Waals surface area contributed by atoms with Crippen molar-refractivity contribution in [1.29, 1.82) is 0 Å². The van der Waals surface area contributed by atoms with Gasteiger partial charge < -0.3 is 9.30 Å². The zero-order chi connectivity index (χ0) is 10.8. The van der Waals surface area contributed by atoms with Crippen LogP contribution in [0, 0.1) is 0 Å². The van der Waals surface area contributed by atoms with Gasteiger partial charge in [-0.25, -0.2) is 9.78 Å². The Bertz CT molecular complexity index is 490. The highest BCUT2D eigenvalue weighted by molar-refractivity contribution is 5.80. The summed E-state index contributed by atoms with van der Waals surface area (Å²) in [5.41, 5.74) is 1.82. The van der Waals surface area contributed by atoms with E-state index in [1.54, 1.807) is 17.8 Å². The molecule has 0 fully saturated rings. The molecule has 0 N–H and O–H groups in total. The van der Waals surface area contributed by atoms with Gasteiger partial charge in [0.1, 0.15) is 6.04 Å². The minimum Gasteiger partial charge on any atom is -0.467 e. The lowest BCUT2D eigenvalue weighted by Gasteiger charge is -2.11. The summed E-state index contributed by atoms with van der Waals surface area (Å²) < 4.78 is 6.50. The molecule has 0 unspecified atom stereocenters. The van der Waals surface area contributed by atoms with Crippen molar-refractivity contribution in [2.45, 2.75) is 13.0 Å². The molecule has 1 atom stereocenters. The summed E-state index contributed by atoms with van der Waals surface area (Å²) in [5, 5.41) is 0. The molecule has 0 bridgehead atoms. The van der Waals surface area contributed by atoms with Crippen LogP contribution in [-0.2, 0) is 9.53 Å². The summed E-state index contributed by atoms with van der Waals surface area (Å²) >= 11 is 0. The van der Waals surface area contributed by atoms with Gasteiger partial charge in [0.25, 0.3) is 0 Å². The van der Waals surface area contributed by atoms with Crippen LogP contribution < -0.4 is 0 Å². The highest BCUT2D eigenvalue weighted by atomic mass is 16.5. The molecule has 0 spiro atoms. The highest BCUT2D eigenvalue weighted by Crippen LogP contribution is 2.17. The number of benzene rings is 1. The molecule has 4 nitrogen and oxygen atoms in total. The van der Waals surface area contributed by atoms with E-state index in [2.05, 4.69) is 4.98 Å². The summed E-state index contributed by atoms with van der Waals surface area (Å²) in [4.78, 5) is 15.6. The molecule has 0 saturated carbocycles. The molecule has 15 heavy (non-hydrogen) atoms. The summed E-state index contributed by atoms with van der Waals surface area (Å²) in [7, 11) is 1.39. The van der Waals surface area contributed by atoms with Gasteiger partial charge in [-0.2, -0.15) is 0 Å². The first-order valence-electron chi connectivity index (χ1n) is 4.73. The van der Waals surface area contributed by atoms with Crippen molar-refractivity contribution >= 4 is 17.0 Å². The van der Waals surface area contributed by atoms with Gasteiger partial charge in [-0.15, -0.1) is 0 Å². The summed E-state index contributed by atoms with van der Waals surface area (Å²) in [6.07, 6.45) is 1.66. The number of methoxy groups -OCH3 is 1. The predicted octanol–water partition coefficient (Wildman–Crippen LogP) is 1.77. The van der Waals surface area contributed by atoms with Crippen LogP contribution in [0.2, 0.25) is 0 Å². The number of aromatic nitrogens is 2. The number of imidazole rings is 1. The average Bonchev–Trinajstić information content (AvgIpc) is 2.70.